The Bertz CT molecular complexity index is 539. The van der Waals surface area contributed by atoms with Gasteiger partial charge in [-0.3, -0.25) is 4.79 Å². The molecule has 120 valence electrons. The molecule has 0 spiro atoms. The Morgan fingerprint density at radius 1 is 1.32 bits per heavy atom. The van der Waals surface area contributed by atoms with Crippen LogP contribution in [0.2, 0.25) is 0 Å². The van der Waals surface area contributed by atoms with Crippen LogP contribution in [0.3, 0.4) is 0 Å². The van der Waals surface area contributed by atoms with E-state index < -0.39 is 0 Å². The zero-order chi connectivity index (χ0) is 15.5. The maximum Gasteiger partial charge on any atom is 0.225 e. The summed E-state index contributed by atoms with van der Waals surface area (Å²) in [5.41, 5.74) is 2.06. The highest BCUT2D eigenvalue weighted by molar-refractivity contribution is 5.91. The van der Waals surface area contributed by atoms with Crippen LogP contribution in [0.5, 0.6) is 5.75 Å². The first-order chi connectivity index (χ1) is 10.6. The van der Waals surface area contributed by atoms with Crippen LogP contribution in [0.4, 0.5) is 5.69 Å². The van der Waals surface area contributed by atoms with Crippen LogP contribution in [0, 0.1) is 0 Å². The Kier molecular flexibility index (Phi) is 4.64. The minimum absolute atomic E-state index is 0.0887. The standard InChI is InChI=1S/C17H25N3O2/c1-13-11-14-12-15(3-4-16(14)22-13)18-17(21)5-6-20-9-7-19(2)8-10-20/h3-4,12-13H,5-11H2,1-2H3,(H,18,21)/t13-/m0/s1. The van der Waals surface area contributed by atoms with Crippen LogP contribution in [0.25, 0.3) is 0 Å². The second-order valence-corrected chi connectivity index (χ2v) is 6.40. The number of carbonyl (C=O) groups is 1. The van der Waals surface area contributed by atoms with Gasteiger partial charge in [-0.2, -0.15) is 0 Å². The lowest BCUT2D eigenvalue weighted by Crippen LogP contribution is -2.45. The number of ether oxygens (including phenoxy) is 1. The van der Waals surface area contributed by atoms with E-state index in [0.717, 1.165) is 50.6 Å². The fraction of sp³-hybridized carbons (Fsp3) is 0.588. The Hall–Kier alpha value is -1.59. The highest BCUT2D eigenvalue weighted by Crippen LogP contribution is 2.30. The van der Waals surface area contributed by atoms with Crippen LogP contribution in [0.1, 0.15) is 18.9 Å². The number of hydrogen-bond donors (Lipinski definition) is 1. The normalized spacial score (nSPS) is 22.2. The fourth-order valence-electron chi connectivity index (χ4n) is 3.05. The second-order valence-electron chi connectivity index (χ2n) is 6.40. The van der Waals surface area contributed by atoms with Gasteiger partial charge in [-0.05, 0) is 37.7 Å². The maximum absolute atomic E-state index is 12.1. The lowest BCUT2D eigenvalue weighted by Gasteiger charge is -2.32. The van der Waals surface area contributed by atoms with Gasteiger partial charge < -0.3 is 19.9 Å². The largest absolute Gasteiger partial charge is 0.490 e. The summed E-state index contributed by atoms with van der Waals surface area (Å²) in [4.78, 5) is 16.8. The van der Waals surface area contributed by atoms with Gasteiger partial charge in [0.05, 0.1) is 0 Å². The minimum atomic E-state index is 0.0887. The summed E-state index contributed by atoms with van der Waals surface area (Å²) in [6.07, 6.45) is 1.70. The molecule has 1 aromatic carbocycles. The molecule has 1 amide bonds. The third kappa shape index (κ3) is 3.78. The molecule has 5 nitrogen and oxygen atoms in total. The number of anilines is 1. The average molecular weight is 303 g/mol. The Morgan fingerprint density at radius 2 is 2.09 bits per heavy atom. The molecule has 0 bridgehead atoms. The number of hydrogen-bond acceptors (Lipinski definition) is 4. The first-order valence-electron chi connectivity index (χ1n) is 8.10. The summed E-state index contributed by atoms with van der Waals surface area (Å²) < 4.78 is 5.68. The van der Waals surface area contributed by atoms with Gasteiger partial charge in [0, 0.05) is 51.3 Å². The summed E-state index contributed by atoms with van der Waals surface area (Å²) in [6.45, 7) is 7.18. The van der Waals surface area contributed by atoms with Crippen LogP contribution in [-0.4, -0.2) is 61.6 Å². The number of benzene rings is 1. The van der Waals surface area contributed by atoms with Gasteiger partial charge in [-0.25, -0.2) is 0 Å². The Morgan fingerprint density at radius 3 is 2.86 bits per heavy atom. The van der Waals surface area contributed by atoms with Crippen LogP contribution in [-0.2, 0) is 11.2 Å². The molecule has 3 rings (SSSR count). The molecule has 0 aromatic heterocycles. The summed E-state index contributed by atoms with van der Waals surface area (Å²) in [7, 11) is 2.14. The zero-order valence-corrected chi connectivity index (χ0v) is 13.5. The van der Waals surface area contributed by atoms with Crippen molar-refractivity contribution in [1.29, 1.82) is 0 Å². The van der Waals surface area contributed by atoms with Crippen LogP contribution >= 0.6 is 0 Å². The monoisotopic (exact) mass is 303 g/mol. The topological polar surface area (TPSA) is 44.8 Å². The smallest absolute Gasteiger partial charge is 0.225 e. The van der Waals surface area contributed by atoms with E-state index in [0.29, 0.717) is 6.42 Å². The average Bonchev–Trinajstić information content (AvgIpc) is 2.86. The number of nitrogens with one attached hydrogen (secondary N) is 1. The van der Waals surface area contributed by atoms with Crippen molar-refractivity contribution >= 4 is 11.6 Å². The summed E-state index contributed by atoms with van der Waals surface area (Å²) in [5.74, 6) is 1.04. The molecule has 5 heteroatoms. The summed E-state index contributed by atoms with van der Waals surface area (Å²) in [6, 6.07) is 5.91. The molecule has 0 radical (unpaired) electrons. The van der Waals surface area contributed by atoms with E-state index in [-0.39, 0.29) is 12.0 Å². The third-order valence-corrected chi connectivity index (χ3v) is 4.43. The quantitative estimate of drug-likeness (QED) is 0.917. The minimum Gasteiger partial charge on any atom is -0.490 e. The SMILES string of the molecule is C[C@H]1Cc2cc(NC(=O)CCN3CCN(C)CC3)ccc2O1. The van der Waals surface area contributed by atoms with Crippen molar-refractivity contribution in [2.45, 2.75) is 25.9 Å². The molecular weight excluding hydrogens is 278 g/mol. The van der Waals surface area contributed by atoms with Gasteiger partial charge in [-0.1, -0.05) is 0 Å². The van der Waals surface area contributed by atoms with Crippen molar-refractivity contribution in [2.24, 2.45) is 0 Å². The fourth-order valence-corrected chi connectivity index (χ4v) is 3.05. The van der Waals surface area contributed by atoms with Crippen LogP contribution < -0.4 is 10.1 Å². The molecule has 0 saturated carbocycles. The lowest BCUT2D eigenvalue weighted by atomic mass is 10.1. The first-order valence-corrected chi connectivity index (χ1v) is 8.10. The molecule has 1 fully saturated rings. The maximum atomic E-state index is 12.1. The van der Waals surface area contributed by atoms with Crippen molar-refractivity contribution in [2.75, 3.05) is 45.1 Å². The predicted molar refractivity (Wildman–Crippen MR) is 87.4 cm³/mol. The number of carbonyl (C=O) groups excluding carboxylic acids is 1. The Balaban J connectivity index is 1.47. The first kappa shape index (κ1) is 15.3. The van der Waals surface area contributed by atoms with Crippen molar-refractivity contribution in [1.82, 2.24) is 9.80 Å². The molecule has 0 unspecified atom stereocenters. The molecule has 1 aromatic rings. The molecule has 1 saturated heterocycles. The number of fused-ring (bicyclic) bond motifs is 1. The second kappa shape index (κ2) is 6.67. The van der Waals surface area contributed by atoms with Gasteiger partial charge in [0.15, 0.2) is 0 Å². The van der Waals surface area contributed by atoms with Crippen molar-refractivity contribution in [3.63, 3.8) is 0 Å². The molecule has 22 heavy (non-hydrogen) atoms. The molecule has 0 aliphatic carbocycles. The van der Waals surface area contributed by atoms with E-state index in [9.17, 15) is 4.79 Å². The van der Waals surface area contributed by atoms with E-state index in [1.165, 1.54) is 5.56 Å². The predicted octanol–water partition coefficient (Wildman–Crippen LogP) is 1.59. The van der Waals surface area contributed by atoms with Gasteiger partial charge in [-0.15, -0.1) is 0 Å². The molecule has 1 N–H and O–H groups in total. The van der Waals surface area contributed by atoms with E-state index in [1.807, 2.05) is 18.2 Å². The number of rotatable bonds is 4. The van der Waals surface area contributed by atoms with E-state index in [1.54, 1.807) is 0 Å². The van der Waals surface area contributed by atoms with Gasteiger partial charge in [0.25, 0.3) is 0 Å². The van der Waals surface area contributed by atoms with Gasteiger partial charge >= 0.3 is 0 Å². The molecular formula is C17H25N3O2. The molecule has 2 aliphatic heterocycles. The summed E-state index contributed by atoms with van der Waals surface area (Å²) in [5, 5.41) is 3.00. The van der Waals surface area contributed by atoms with Gasteiger partial charge in [0.1, 0.15) is 11.9 Å². The van der Waals surface area contributed by atoms with E-state index in [4.69, 9.17) is 4.74 Å². The van der Waals surface area contributed by atoms with Crippen molar-refractivity contribution in [3.8, 4) is 5.75 Å². The highest BCUT2D eigenvalue weighted by Gasteiger charge is 2.19. The molecule has 1 atom stereocenters. The Labute approximate surface area is 132 Å². The third-order valence-electron chi connectivity index (χ3n) is 4.43. The number of likely N-dealkylation sites (N-methyl/N-ethyl adjacent to an activating group) is 1. The number of piperazine rings is 1. The van der Waals surface area contributed by atoms with E-state index in [2.05, 4.69) is 29.1 Å². The number of amides is 1. The molecule has 2 heterocycles. The zero-order valence-electron chi connectivity index (χ0n) is 13.5. The highest BCUT2D eigenvalue weighted by atomic mass is 16.5. The van der Waals surface area contributed by atoms with Crippen molar-refractivity contribution < 1.29 is 9.53 Å². The molecule has 2 aliphatic rings. The number of nitrogens with zero attached hydrogens (tertiary/aromatic N) is 2. The lowest BCUT2D eigenvalue weighted by molar-refractivity contribution is -0.116. The van der Waals surface area contributed by atoms with E-state index >= 15 is 0 Å². The van der Waals surface area contributed by atoms with Gasteiger partial charge in [0.2, 0.25) is 5.91 Å². The van der Waals surface area contributed by atoms with Crippen molar-refractivity contribution in [3.05, 3.63) is 23.8 Å². The van der Waals surface area contributed by atoms with Crippen LogP contribution in [0.15, 0.2) is 18.2 Å². The summed E-state index contributed by atoms with van der Waals surface area (Å²) >= 11 is 0.